The monoisotopic (exact) mass is 292 g/mol. The summed E-state index contributed by atoms with van der Waals surface area (Å²) in [5, 5.41) is 0. The second-order valence-corrected chi connectivity index (χ2v) is 7.98. The Kier molecular flexibility index (Phi) is 4.60. The van der Waals surface area contributed by atoms with Gasteiger partial charge in [0.15, 0.2) is 0 Å². The molecule has 0 saturated heterocycles. The zero-order chi connectivity index (χ0) is 16.4. The molecule has 0 heterocycles. The second kappa shape index (κ2) is 6.12. The van der Waals surface area contributed by atoms with E-state index in [1.54, 1.807) is 0 Å². The van der Waals surface area contributed by atoms with Crippen molar-refractivity contribution in [3.05, 3.63) is 71.8 Å². The first-order chi connectivity index (χ1) is 10.2. The van der Waals surface area contributed by atoms with Crippen LogP contribution in [-0.4, -0.2) is 0 Å². The van der Waals surface area contributed by atoms with Crippen LogP contribution >= 0.6 is 0 Å². The van der Waals surface area contributed by atoms with Gasteiger partial charge in [-0.1, -0.05) is 102 Å². The van der Waals surface area contributed by atoms with E-state index >= 15 is 0 Å². The highest BCUT2D eigenvalue weighted by Crippen LogP contribution is 2.47. The van der Waals surface area contributed by atoms with E-state index in [1.165, 1.54) is 22.3 Å². The average molecular weight is 292 g/mol. The third-order valence-corrected chi connectivity index (χ3v) is 3.87. The van der Waals surface area contributed by atoms with E-state index in [-0.39, 0.29) is 10.8 Å². The van der Waals surface area contributed by atoms with Gasteiger partial charge in [0.05, 0.1) is 0 Å². The molecule has 0 fully saturated rings. The molecule has 0 aromatic heterocycles. The quantitative estimate of drug-likeness (QED) is 0.541. The molecule has 0 N–H and O–H groups in total. The minimum absolute atomic E-state index is 0.0831. The molecule has 0 radical (unpaired) electrons. The first-order valence-electron chi connectivity index (χ1n) is 8.07. The van der Waals surface area contributed by atoms with E-state index in [1.807, 2.05) is 0 Å². The summed E-state index contributed by atoms with van der Waals surface area (Å²) < 4.78 is 0. The summed E-state index contributed by atoms with van der Waals surface area (Å²) >= 11 is 0. The Morgan fingerprint density at radius 1 is 0.500 bits per heavy atom. The molecule has 0 aliphatic heterocycles. The van der Waals surface area contributed by atoms with Gasteiger partial charge in [0, 0.05) is 0 Å². The van der Waals surface area contributed by atoms with Crippen LogP contribution in [0.5, 0.6) is 0 Å². The van der Waals surface area contributed by atoms with Crippen LogP contribution in [0.4, 0.5) is 0 Å². The van der Waals surface area contributed by atoms with Crippen molar-refractivity contribution in [3.8, 4) is 0 Å². The van der Waals surface area contributed by atoms with Crippen molar-refractivity contribution in [2.75, 3.05) is 0 Å². The molecule has 0 spiro atoms. The summed E-state index contributed by atoms with van der Waals surface area (Å²) in [6.07, 6.45) is 0. The largest absolute Gasteiger partial charge is 0.0622 e. The summed E-state index contributed by atoms with van der Waals surface area (Å²) in [6.45, 7) is 13.9. The van der Waals surface area contributed by atoms with Crippen molar-refractivity contribution in [1.82, 2.24) is 0 Å². The van der Waals surface area contributed by atoms with Crippen molar-refractivity contribution in [3.63, 3.8) is 0 Å². The van der Waals surface area contributed by atoms with Gasteiger partial charge in [-0.15, -0.1) is 0 Å². The van der Waals surface area contributed by atoms with E-state index in [9.17, 15) is 0 Å². The third kappa shape index (κ3) is 3.68. The first-order valence-corrected chi connectivity index (χ1v) is 8.07. The second-order valence-electron chi connectivity index (χ2n) is 7.98. The van der Waals surface area contributed by atoms with Crippen LogP contribution in [0.25, 0.3) is 11.1 Å². The molecule has 116 valence electrons. The Balaban J connectivity index is 2.84. The lowest BCUT2D eigenvalue weighted by atomic mass is 9.70. The number of hydrogen-bond acceptors (Lipinski definition) is 0. The lowest BCUT2D eigenvalue weighted by Gasteiger charge is -2.34. The summed E-state index contributed by atoms with van der Waals surface area (Å²) in [6, 6.07) is 21.6. The molecule has 22 heavy (non-hydrogen) atoms. The molecule has 0 saturated carbocycles. The molecule has 2 aromatic carbocycles. The van der Waals surface area contributed by atoms with Crippen LogP contribution in [0.1, 0.15) is 52.7 Å². The van der Waals surface area contributed by atoms with Crippen LogP contribution < -0.4 is 0 Å². The van der Waals surface area contributed by atoms with Gasteiger partial charge in [0.2, 0.25) is 0 Å². The maximum Gasteiger partial charge on any atom is -0.0123 e. The van der Waals surface area contributed by atoms with Gasteiger partial charge in [0.25, 0.3) is 0 Å². The van der Waals surface area contributed by atoms with Gasteiger partial charge in [-0.2, -0.15) is 0 Å². The molecular weight excluding hydrogens is 264 g/mol. The number of allylic oxidation sites excluding steroid dienone is 2. The summed E-state index contributed by atoms with van der Waals surface area (Å²) in [4.78, 5) is 0. The predicted molar refractivity (Wildman–Crippen MR) is 98.6 cm³/mol. The van der Waals surface area contributed by atoms with Crippen molar-refractivity contribution >= 4 is 11.1 Å². The fourth-order valence-corrected chi connectivity index (χ4v) is 3.11. The zero-order valence-electron chi connectivity index (χ0n) is 14.8. The molecule has 0 bridgehead atoms. The average Bonchev–Trinajstić information content (AvgIpc) is 2.44. The van der Waals surface area contributed by atoms with Crippen LogP contribution in [0, 0.1) is 10.8 Å². The minimum atomic E-state index is 0.0831. The Morgan fingerprint density at radius 3 is 1.00 bits per heavy atom. The van der Waals surface area contributed by atoms with Gasteiger partial charge in [-0.25, -0.2) is 0 Å². The van der Waals surface area contributed by atoms with Crippen molar-refractivity contribution in [1.29, 1.82) is 0 Å². The SMILES string of the molecule is CC(C)(C)/C(=C(/c1ccccc1)C(C)(C)C)c1ccccc1. The van der Waals surface area contributed by atoms with Gasteiger partial charge in [0.1, 0.15) is 0 Å². The highest BCUT2D eigenvalue weighted by molar-refractivity contribution is 5.94. The molecule has 0 unspecified atom stereocenters. The fourth-order valence-electron chi connectivity index (χ4n) is 3.11. The van der Waals surface area contributed by atoms with Gasteiger partial charge < -0.3 is 0 Å². The lowest BCUT2D eigenvalue weighted by molar-refractivity contribution is 0.534. The predicted octanol–water partition coefficient (Wildman–Crippen LogP) is 6.69. The number of hydrogen-bond donors (Lipinski definition) is 0. The normalized spacial score (nSPS) is 13.7. The molecule has 0 aliphatic rings. The number of rotatable bonds is 2. The van der Waals surface area contributed by atoms with Crippen LogP contribution in [0.2, 0.25) is 0 Å². The van der Waals surface area contributed by atoms with Crippen molar-refractivity contribution < 1.29 is 0 Å². The van der Waals surface area contributed by atoms with Crippen LogP contribution in [0.3, 0.4) is 0 Å². The molecule has 0 heteroatoms. The Hall–Kier alpha value is -1.82. The van der Waals surface area contributed by atoms with E-state index in [2.05, 4.69) is 102 Å². The molecule has 0 aliphatic carbocycles. The highest BCUT2D eigenvalue weighted by Gasteiger charge is 2.29. The van der Waals surface area contributed by atoms with E-state index in [4.69, 9.17) is 0 Å². The van der Waals surface area contributed by atoms with Gasteiger partial charge >= 0.3 is 0 Å². The van der Waals surface area contributed by atoms with E-state index in [0.29, 0.717) is 0 Å². The summed E-state index contributed by atoms with van der Waals surface area (Å²) in [5.41, 5.74) is 5.69. The number of benzene rings is 2. The van der Waals surface area contributed by atoms with Crippen LogP contribution in [0.15, 0.2) is 60.7 Å². The van der Waals surface area contributed by atoms with E-state index < -0.39 is 0 Å². The summed E-state index contributed by atoms with van der Waals surface area (Å²) in [5.74, 6) is 0. The molecule has 0 amide bonds. The topological polar surface area (TPSA) is 0 Å². The Labute approximate surface area is 135 Å². The molecule has 0 nitrogen and oxygen atoms in total. The standard InChI is InChI=1S/C22H28/c1-21(2,3)19(17-13-9-7-10-14-17)20(22(4,5)6)18-15-11-8-12-16-18/h7-16H,1-6H3/b20-19-. The molecule has 2 rings (SSSR count). The minimum Gasteiger partial charge on any atom is -0.0622 e. The lowest BCUT2D eigenvalue weighted by Crippen LogP contribution is -2.18. The Morgan fingerprint density at radius 2 is 0.773 bits per heavy atom. The molecular formula is C22H28. The third-order valence-electron chi connectivity index (χ3n) is 3.87. The van der Waals surface area contributed by atoms with Crippen molar-refractivity contribution in [2.24, 2.45) is 10.8 Å². The fraction of sp³-hybridized carbons (Fsp3) is 0.364. The summed E-state index contributed by atoms with van der Waals surface area (Å²) in [7, 11) is 0. The smallest absolute Gasteiger partial charge is 0.0123 e. The molecule has 2 aromatic rings. The van der Waals surface area contributed by atoms with Crippen LogP contribution in [-0.2, 0) is 0 Å². The maximum atomic E-state index is 2.31. The zero-order valence-corrected chi connectivity index (χ0v) is 14.8. The molecule has 0 atom stereocenters. The van der Waals surface area contributed by atoms with Gasteiger partial charge in [-0.05, 0) is 33.1 Å². The Bertz CT molecular complexity index is 572. The van der Waals surface area contributed by atoms with E-state index in [0.717, 1.165) is 0 Å². The first kappa shape index (κ1) is 16.5. The highest BCUT2D eigenvalue weighted by atomic mass is 14.3. The maximum absolute atomic E-state index is 2.31. The van der Waals surface area contributed by atoms with Gasteiger partial charge in [-0.3, -0.25) is 0 Å². The van der Waals surface area contributed by atoms with Crippen molar-refractivity contribution in [2.45, 2.75) is 41.5 Å².